The molecule has 0 aromatic carbocycles. The summed E-state index contributed by atoms with van der Waals surface area (Å²) < 4.78 is 11.3. The van der Waals surface area contributed by atoms with Crippen molar-refractivity contribution in [3.8, 4) is 0 Å². The summed E-state index contributed by atoms with van der Waals surface area (Å²) in [4.78, 5) is 12.3. The Morgan fingerprint density at radius 3 is 3.12 bits per heavy atom. The highest BCUT2D eigenvalue weighted by molar-refractivity contribution is 7.18. The summed E-state index contributed by atoms with van der Waals surface area (Å²) in [6.07, 6.45) is 2.28. The molecule has 0 amide bonds. The fourth-order valence-corrected chi connectivity index (χ4v) is 2.56. The van der Waals surface area contributed by atoms with Crippen LogP contribution in [0.3, 0.4) is 0 Å². The van der Waals surface area contributed by atoms with E-state index in [1.165, 1.54) is 11.3 Å². The van der Waals surface area contributed by atoms with Crippen LogP contribution in [0.25, 0.3) is 0 Å². The van der Waals surface area contributed by atoms with Gasteiger partial charge in [-0.2, -0.15) is 0 Å². The molecule has 1 atom stereocenters. The zero-order valence-corrected chi connectivity index (χ0v) is 10.4. The highest BCUT2D eigenvalue weighted by atomic mass is 35.5. The highest BCUT2D eigenvalue weighted by Crippen LogP contribution is 2.21. The predicted molar refractivity (Wildman–Crippen MR) is 63.5 cm³/mol. The van der Waals surface area contributed by atoms with Crippen molar-refractivity contribution < 1.29 is 14.3 Å². The molecule has 88 valence electrons. The molecule has 1 aromatic heterocycles. The average molecular weight is 261 g/mol. The van der Waals surface area contributed by atoms with Gasteiger partial charge >= 0.3 is 0 Å². The molecule has 1 fully saturated rings. The third-order valence-electron chi connectivity index (χ3n) is 2.41. The van der Waals surface area contributed by atoms with Crippen molar-refractivity contribution in [1.82, 2.24) is 0 Å². The Kier molecular flexibility index (Phi) is 4.35. The number of hydrogen-bond donors (Lipinski definition) is 0. The summed E-state index contributed by atoms with van der Waals surface area (Å²) in [6, 6.07) is 3.45. The van der Waals surface area contributed by atoms with E-state index in [4.69, 9.17) is 21.1 Å². The second-order valence-corrected chi connectivity index (χ2v) is 5.39. The van der Waals surface area contributed by atoms with Crippen LogP contribution in [0.5, 0.6) is 0 Å². The summed E-state index contributed by atoms with van der Waals surface area (Å²) in [6.45, 7) is 1.42. The highest BCUT2D eigenvalue weighted by Gasteiger charge is 2.16. The zero-order valence-electron chi connectivity index (χ0n) is 8.78. The molecular weight excluding hydrogens is 248 g/mol. The number of hydrogen-bond acceptors (Lipinski definition) is 4. The first-order chi connectivity index (χ1) is 7.75. The molecule has 2 rings (SSSR count). The summed E-state index contributed by atoms with van der Waals surface area (Å²) in [5.74, 6) is -0.0186. The van der Waals surface area contributed by atoms with E-state index < -0.39 is 0 Å². The maximum Gasteiger partial charge on any atom is 0.198 e. The van der Waals surface area contributed by atoms with Gasteiger partial charge in [-0.3, -0.25) is 4.79 Å². The molecule has 2 heterocycles. The number of thiophene rings is 1. The average Bonchev–Trinajstić information content (AvgIpc) is 2.89. The fourth-order valence-electron chi connectivity index (χ4n) is 1.59. The third kappa shape index (κ3) is 3.28. The van der Waals surface area contributed by atoms with Gasteiger partial charge in [0.1, 0.15) is 6.61 Å². The Morgan fingerprint density at radius 2 is 2.50 bits per heavy atom. The molecule has 1 saturated heterocycles. The molecule has 1 aliphatic heterocycles. The molecule has 0 aliphatic carbocycles. The SMILES string of the molecule is O=C(COCC1CCCO1)c1ccc(Cl)s1. The minimum absolute atomic E-state index is 0.0186. The van der Waals surface area contributed by atoms with E-state index in [0.29, 0.717) is 15.8 Å². The topological polar surface area (TPSA) is 35.5 Å². The Balaban J connectivity index is 1.71. The monoisotopic (exact) mass is 260 g/mol. The summed E-state index contributed by atoms with van der Waals surface area (Å²) in [5, 5.41) is 0. The van der Waals surface area contributed by atoms with Crippen molar-refractivity contribution >= 4 is 28.7 Å². The van der Waals surface area contributed by atoms with Gasteiger partial charge in [-0.15, -0.1) is 11.3 Å². The van der Waals surface area contributed by atoms with Gasteiger partial charge < -0.3 is 9.47 Å². The van der Waals surface area contributed by atoms with Crippen molar-refractivity contribution in [2.24, 2.45) is 0 Å². The Hall–Kier alpha value is -0.420. The number of rotatable bonds is 5. The van der Waals surface area contributed by atoms with Gasteiger partial charge in [0, 0.05) is 6.61 Å². The number of carbonyl (C=O) groups is 1. The van der Waals surface area contributed by atoms with E-state index in [-0.39, 0.29) is 18.5 Å². The van der Waals surface area contributed by atoms with Gasteiger partial charge in [-0.05, 0) is 25.0 Å². The fraction of sp³-hybridized carbons (Fsp3) is 0.545. The van der Waals surface area contributed by atoms with Crippen LogP contribution < -0.4 is 0 Å². The van der Waals surface area contributed by atoms with Gasteiger partial charge in [0.15, 0.2) is 5.78 Å². The standard InChI is InChI=1S/C11H13ClO3S/c12-11-4-3-10(16-11)9(13)7-14-6-8-2-1-5-15-8/h3-4,8H,1-2,5-7H2. The van der Waals surface area contributed by atoms with Crippen LogP contribution in [-0.2, 0) is 9.47 Å². The molecule has 1 aliphatic rings. The first-order valence-corrected chi connectivity index (χ1v) is 6.43. The van der Waals surface area contributed by atoms with E-state index in [1.807, 2.05) is 0 Å². The van der Waals surface area contributed by atoms with Crippen molar-refractivity contribution in [2.45, 2.75) is 18.9 Å². The summed E-state index contributed by atoms with van der Waals surface area (Å²) in [5.41, 5.74) is 0. The number of halogens is 1. The lowest BCUT2D eigenvalue weighted by Gasteiger charge is -2.08. The van der Waals surface area contributed by atoms with Crippen LogP contribution in [0, 0.1) is 0 Å². The maximum atomic E-state index is 11.6. The Morgan fingerprint density at radius 1 is 1.62 bits per heavy atom. The lowest BCUT2D eigenvalue weighted by Crippen LogP contribution is -2.17. The van der Waals surface area contributed by atoms with E-state index in [1.54, 1.807) is 12.1 Å². The van der Waals surface area contributed by atoms with Crippen LogP contribution in [-0.4, -0.2) is 31.7 Å². The molecule has 1 aromatic rings. The van der Waals surface area contributed by atoms with Crippen LogP contribution in [0.4, 0.5) is 0 Å². The molecular formula is C11H13ClO3S. The zero-order chi connectivity index (χ0) is 11.4. The normalized spacial score (nSPS) is 20.2. The molecule has 16 heavy (non-hydrogen) atoms. The van der Waals surface area contributed by atoms with Gasteiger partial charge in [0.05, 0.1) is 21.9 Å². The second-order valence-electron chi connectivity index (χ2n) is 3.68. The lowest BCUT2D eigenvalue weighted by molar-refractivity contribution is 0.0191. The second kappa shape index (κ2) is 5.77. The van der Waals surface area contributed by atoms with E-state index in [9.17, 15) is 4.79 Å². The molecule has 0 radical (unpaired) electrons. The molecule has 3 nitrogen and oxygen atoms in total. The van der Waals surface area contributed by atoms with Gasteiger partial charge in [0.25, 0.3) is 0 Å². The largest absolute Gasteiger partial charge is 0.376 e. The first kappa shape index (κ1) is 12.0. The van der Waals surface area contributed by atoms with Crippen molar-refractivity contribution in [1.29, 1.82) is 0 Å². The number of ketones is 1. The quantitative estimate of drug-likeness (QED) is 0.764. The Labute approximate surface area is 103 Å². The summed E-state index contributed by atoms with van der Waals surface area (Å²) in [7, 11) is 0. The number of Topliss-reactive ketones (excluding diaryl/α,β-unsaturated/α-hetero) is 1. The Bertz CT molecular complexity index is 358. The first-order valence-electron chi connectivity index (χ1n) is 5.23. The van der Waals surface area contributed by atoms with Gasteiger partial charge in [-0.1, -0.05) is 11.6 Å². The molecule has 5 heteroatoms. The van der Waals surface area contributed by atoms with E-state index in [0.717, 1.165) is 19.4 Å². The predicted octanol–water partition coefficient (Wildman–Crippen LogP) is 2.78. The molecule has 0 N–H and O–H groups in total. The van der Waals surface area contributed by atoms with Crippen molar-refractivity contribution in [3.05, 3.63) is 21.3 Å². The number of ether oxygens (including phenoxy) is 2. The van der Waals surface area contributed by atoms with Crippen LogP contribution >= 0.6 is 22.9 Å². The smallest absolute Gasteiger partial charge is 0.198 e. The minimum Gasteiger partial charge on any atom is -0.376 e. The van der Waals surface area contributed by atoms with Gasteiger partial charge in [-0.25, -0.2) is 0 Å². The minimum atomic E-state index is -0.0186. The third-order valence-corrected chi connectivity index (χ3v) is 3.68. The lowest BCUT2D eigenvalue weighted by atomic mass is 10.2. The van der Waals surface area contributed by atoms with Crippen LogP contribution in [0.15, 0.2) is 12.1 Å². The molecule has 0 saturated carbocycles. The van der Waals surface area contributed by atoms with Crippen LogP contribution in [0.1, 0.15) is 22.5 Å². The van der Waals surface area contributed by atoms with Gasteiger partial charge in [0.2, 0.25) is 0 Å². The summed E-state index contributed by atoms with van der Waals surface area (Å²) >= 11 is 7.03. The molecule has 0 bridgehead atoms. The van der Waals surface area contributed by atoms with E-state index >= 15 is 0 Å². The van der Waals surface area contributed by atoms with Crippen molar-refractivity contribution in [3.63, 3.8) is 0 Å². The van der Waals surface area contributed by atoms with Crippen LogP contribution in [0.2, 0.25) is 4.34 Å². The van der Waals surface area contributed by atoms with E-state index in [2.05, 4.69) is 0 Å². The molecule has 1 unspecified atom stereocenters. The molecule has 0 spiro atoms. The maximum absolute atomic E-state index is 11.6. The number of carbonyl (C=O) groups excluding carboxylic acids is 1. The van der Waals surface area contributed by atoms with Crippen molar-refractivity contribution in [2.75, 3.05) is 19.8 Å².